The van der Waals surface area contributed by atoms with E-state index in [2.05, 4.69) is 51.3 Å². The van der Waals surface area contributed by atoms with E-state index in [1.165, 1.54) is 18.4 Å². The van der Waals surface area contributed by atoms with Gasteiger partial charge >= 0.3 is 5.97 Å². The average molecular weight is 399 g/mol. The Bertz CT molecular complexity index is 882. The van der Waals surface area contributed by atoms with Gasteiger partial charge in [0.2, 0.25) is 0 Å². The quantitative estimate of drug-likeness (QED) is 0.730. The van der Waals surface area contributed by atoms with Crippen LogP contribution in [0.15, 0.2) is 24.3 Å². The number of aromatic nitrogens is 1. The topological polar surface area (TPSA) is 77.7 Å². The van der Waals surface area contributed by atoms with Gasteiger partial charge in [-0.3, -0.25) is 9.69 Å². The number of aromatic amines is 1. The Labute approximate surface area is 172 Å². The molecular weight excluding hydrogens is 368 g/mol. The van der Waals surface area contributed by atoms with Gasteiger partial charge in [0.25, 0.3) is 5.91 Å². The van der Waals surface area contributed by atoms with Crippen molar-refractivity contribution in [3.05, 3.63) is 52.3 Å². The van der Waals surface area contributed by atoms with Crippen molar-refractivity contribution in [2.24, 2.45) is 0 Å². The molecule has 0 spiro atoms. The Morgan fingerprint density at radius 3 is 2.52 bits per heavy atom. The third kappa shape index (κ3) is 4.79. The molecule has 1 saturated heterocycles. The van der Waals surface area contributed by atoms with Crippen molar-refractivity contribution in [2.45, 2.75) is 20.8 Å². The molecule has 0 bridgehead atoms. The molecule has 1 aliphatic rings. The van der Waals surface area contributed by atoms with Crippen molar-refractivity contribution in [3.63, 3.8) is 0 Å². The van der Waals surface area contributed by atoms with Gasteiger partial charge < -0.3 is 19.9 Å². The fraction of sp³-hybridized carbons (Fsp3) is 0.455. The molecule has 0 unspecified atom stereocenters. The first-order valence-electron chi connectivity index (χ1n) is 10.0. The second kappa shape index (κ2) is 9.13. The number of carbonyl (C=O) groups excluding carboxylic acids is 2. The third-order valence-corrected chi connectivity index (χ3v) is 5.51. The van der Waals surface area contributed by atoms with Crippen LogP contribution in [0.25, 0.3) is 0 Å². The van der Waals surface area contributed by atoms with Gasteiger partial charge in [-0.2, -0.15) is 0 Å². The molecule has 0 atom stereocenters. The van der Waals surface area contributed by atoms with Crippen LogP contribution < -0.4 is 10.2 Å². The van der Waals surface area contributed by atoms with Crippen LogP contribution in [0.3, 0.4) is 0 Å². The SMILES string of the molecule is COC(=O)c1c(C)[nH]c(C(=O)NCCN2CCN(c3cccc(C)c3)CC2)c1C. The Balaban J connectivity index is 1.48. The molecule has 1 aromatic heterocycles. The molecule has 1 aromatic carbocycles. The van der Waals surface area contributed by atoms with Crippen LogP contribution in [0.4, 0.5) is 5.69 Å². The van der Waals surface area contributed by atoms with Crippen LogP contribution in [-0.4, -0.2) is 68.1 Å². The summed E-state index contributed by atoms with van der Waals surface area (Å²) in [6.45, 7) is 10.9. The van der Waals surface area contributed by atoms with E-state index in [-0.39, 0.29) is 5.91 Å². The minimum atomic E-state index is -0.429. The Kier molecular flexibility index (Phi) is 6.59. The van der Waals surface area contributed by atoms with Gasteiger partial charge in [-0.15, -0.1) is 0 Å². The van der Waals surface area contributed by atoms with E-state index in [1.807, 2.05) is 0 Å². The van der Waals surface area contributed by atoms with Crippen molar-refractivity contribution in [2.75, 3.05) is 51.3 Å². The van der Waals surface area contributed by atoms with Gasteiger partial charge in [-0.1, -0.05) is 12.1 Å². The summed E-state index contributed by atoms with van der Waals surface area (Å²) in [5.41, 5.74) is 4.68. The number of nitrogens with one attached hydrogen (secondary N) is 2. The first kappa shape index (κ1) is 20.9. The second-order valence-electron chi connectivity index (χ2n) is 7.54. The molecule has 2 heterocycles. The molecule has 1 fully saturated rings. The molecule has 3 rings (SSSR count). The van der Waals surface area contributed by atoms with Gasteiger partial charge in [0.05, 0.1) is 12.7 Å². The summed E-state index contributed by atoms with van der Waals surface area (Å²) in [7, 11) is 1.34. The lowest BCUT2D eigenvalue weighted by Gasteiger charge is -2.36. The van der Waals surface area contributed by atoms with Crippen molar-refractivity contribution >= 4 is 17.6 Å². The van der Waals surface area contributed by atoms with Crippen molar-refractivity contribution < 1.29 is 14.3 Å². The van der Waals surface area contributed by atoms with Gasteiger partial charge in [-0.25, -0.2) is 4.79 Å². The zero-order valence-corrected chi connectivity index (χ0v) is 17.7. The smallest absolute Gasteiger partial charge is 0.339 e. The number of piperazine rings is 1. The maximum absolute atomic E-state index is 12.5. The zero-order valence-electron chi connectivity index (χ0n) is 17.7. The second-order valence-corrected chi connectivity index (χ2v) is 7.54. The van der Waals surface area contributed by atoms with E-state index >= 15 is 0 Å². The molecule has 29 heavy (non-hydrogen) atoms. The highest BCUT2D eigenvalue weighted by Crippen LogP contribution is 2.19. The lowest BCUT2D eigenvalue weighted by Crippen LogP contribution is -2.48. The maximum atomic E-state index is 12.5. The van der Waals surface area contributed by atoms with Crippen LogP contribution in [-0.2, 0) is 4.74 Å². The van der Waals surface area contributed by atoms with Crippen molar-refractivity contribution in [3.8, 4) is 0 Å². The molecule has 7 heteroatoms. The standard InChI is InChI=1S/C22H30N4O3/c1-15-6-5-7-18(14-15)26-12-10-25(11-13-26)9-8-23-21(27)20-16(2)19(17(3)24-20)22(28)29-4/h5-7,14,24H,8-13H2,1-4H3,(H,23,27). The molecule has 2 N–H and O–H groups in total. The fourth-order valence-electron chi connectivity index (χ4n) is 3.86. The lowest BCUT2D eigenvalue weighted by atomic mass is 10.1. The van der Waals surface area contributed by atoms with Gasteiger partial charge in [0.15, 0.2) is 0 Å². The van der Waals surface area contributed by atoms with Gasteiger partial charge in [-0.05, 0) is 44.0 Å². The van der Waals surface area contributed by atoms with Gasteiger partial charge in [0, 0.05) is 50.6 Å². The van der Waals surface area contributed by atoms with E-state index in [0.29, 0.717) is 29.1 Å². The number of methoxy groups -OCH3 is 1. The van der Waals surface area contributed by atoms with E-state index in [4.69, 9.17) is 4.74 Å². The molecule has 1 amide bonds. The molecule has 7 nitrogen and oxygen atoms in total. The zero-order chi connectivity index (χ0) is 21.0. The summed E-state index contributed by atoms with van der Waals surface area (Å²) < 4.78 is 4.80. The molecule has 0 saturated carbocycles. The highest BCUT2D eigenvalue weighted by molar-refractivity contribution is 6.00. The third-order valence-electron chi connectivity index (χ3n) is 5.51. The summed E-state index contributed by atoms with van der Waals surface area (Å²) in [4.78, 5) is 32.2. The number of carbonyl (C=O) groups is 2. The molecule has 0 radical (unpaired) electrons. The molecule has 2 aromatic rings. The van der Waals surface area contributed by atoms with Crippen LogP contribution in [0, 0.1) is 20.8 Å². The van der Waals surface area contributed by atoms with Gasteiger partial charge in [0.1, 0.15) is 5.69 Å². The minimum absolute atomic E-state index is 0.195. The van der Waals surface area contributed by atoms with Crippen molar-refractivity contribution in [1.82, 2.24) is 15.2 Å². The number of anilines is 1. The maximum Gasteiger partial charge on any atom is 0.339 e. The highest BCUT2D eigenvalue weighted by Gasteiger charge is 2.22. The summed E-state index contributed by atoms with van der Waals surface area (Å²) >= 11 is 0. The number of H-pyrrole nitrogens is 1. The number of benzene rings is 1. The van der Waals surface area contributed by atoms with E-state index < -0.39 is 5.97 Å². The van der Waals surface area contributed by atoms with E-state index in [9.17, 15) is 9.59 Å². The number of aryl methyl sites for hydroxylation is 2. The minimum Gasteiger partial charge on any atom is -0.465 e. The number of hydrogen-bond donors (Lipinski definition) is 2. The average Bonchev–Trinajstić information content (AvgIpc) is 3.02. The summed E-state index contributed by atoms with van der Waals surface area (Å²) in [5, 5.41) is 2.96. The lowest BCUT2D eigenvalue weighted by molar-refractivity contribution is 0.0599. The molecular formula is C22H30N4O3. The molecule has 156 valence electrons. The number of esters is 1. The molecule has 1 aliphatic heterocycles. The normalized spacial score (nSPS) is 14.7. The Morgan fingerprint density at radius 2 is 1.86 bits per heavy atom. The highest BCUT2D eigenvalue weighted by atomic mass is 16.5. The number of amides is 1. The van der Waals surface area contributed by atoms with E-state index in [0.717, 1.165) is 32.7 Å². The predicted molar refractivity (Wildman–Crippen MR) is 114 cm³/mol. The van der Waals surface area contributed by atoms with Crippen LogP contribution in [0.2, 0.25) is 0 Å². The first-order chi connectivity index (χ1) is 13.9. The first-order valence-corrected chi connectivity index (χ1v) is 10.0. The number of nitrogens with zero attached hydrogens (tertiary/aromatic N) is 2. The predicted octanol–water partition coefficient (Wildman–Crippen LogP) is 2.28. The largest absolute Gasteiger partial charge is 0.465 e. The van der Waals surface area contributed by atoms with Crippen molar-refractivity contribution in [1.29, 1.82) is 0 Å². The Morgan fingerprint density at radius 1 is 1.14 bits per heavy atom. The summed E-state index contributed by atoms with van der Waals surface area (Å²) in [5.74, 6) is -0.624. The summed E-state index contributed by atoms with van der Waals surface area (Å²) in [6.07, 6.45) is 0. The Hall–Kier alpha value is -2.80. The molecule has 0 aliphatic carbocycles. The number of rotatable bonds is 6. The monoisotopic (exact) mass is 398 g/mol. The fourth-order valence-corrected chi connectivity index (χ4v) is 3.86. The van der Waals surface area contributed by atoms with Crippen LogP contribution in [0.5, 0.6) is 0 Å². The van der Waals surface area contributed by atoms with E-state index in [1.54, 1.807) is 13.8 Å². The number of ether oxygens (including phenoxy) is 1. The van der Waals surface area contributed by atoms with Crippen LogP contribution >= 0.6 is 0 Å². The summed E-state index contributed by atoms with van der Waals surface area (Å²) in [6, 6.07) is 8.59. The number of hydrogen-bond acceptors (Lipinski definition) is 5. The van der Waals surface area contributed by atoms with Crippen LogP contribution in [0.1, 0.15) is 37.7 Å².